The fourth-order valence-electron chi connectivity index (χ4n) is 3.72. The summed E-state index contributed by atoms with van der Waals surface area (Å²) in [6, 6.07) is 10.6. The number of hydrogen-bond donors (Lipinski definition) is 1. The zero-order valence-electron chi connectivity index (χ0n) is 20.1. The van der Waals surface area contributed by atoms with Crippen LogP contribution in [-0.4, -0.2) is 31.1 Å². The second-order valence-electron chi connectivity index (χ2n) is 8.19. The Labute approximate surface area is 211 Å². The van der Waals surface area contributed by atoms with Crippen LogP contribution in [0.2, 0.25) is 5.02 Å². The molecule has 0 spiro atoms. The second kappa shape index (κ2) is 13.0. The van der Waals surface area contributed by atoms with Gasteiger partial charge >= 0.3 is 6.03 Å². The molecule has 35 heavy (non-hydrogen) atoms. The lowest BCUT2D eigenvalue weighted by molar-refractivity contribution is -0.122. The molecule has 0 saturated carbocycles. The number of halogens is 1. The van der Waals surface area contributed by atoms with Gasteiger partial charge in [0.25, 0.3) is 11.8 Å². The van der Waals surface area contributed by atoms with E-state index in [9.17, 15) is 14.4 Å². The van der Waals surface area contributed by atoms with Gasteiger partial charge in [-0.05, 0) is 61.4 Å². The Kier molecular flexibility index (Phi) is 9.73. The van der Waals surface area contributed by atoms with Crippen LogP contribution in [0.3, 0.4) is 0 Å². The van der Waals surface area contributed by atoms with E-state index in [0.717, 1.165) is 17.7 Å². The molecule has 8 heteroatoms. The van der Waals surface area contributed by atoms with Crippen molar-refractivity contribution in [1.82, 2.24) is 5.32 Å². The van der Waals surface area contributed by atoms with Gasteiger partial charge in [0.15, 0.2) is 11.5 Å². The highest BCUT2D eigenvalue weighted by Crippen LogP contribution is 2.30. The summed E-state index contributed by atoms with van der Waals surface area (Å²) >= 11 is 5.91. The van der Waals surface area contributed by atoms with Crippen molar-refractivity contribution in [3.63, 3.8) is 0 Å². The highest BCUT2D eigenvalue weighted by molar-refractivity contribution is 6.39. The first kappa shape index (κ1) is 26.3. The Morgan fingerprint density at radius 3 is 2.31 bits per heavy atom. The topological polar surface area (TPSA) is 84.9 Å². The Morgan fingerprint density at radius 1 is 0.886 bits per heavy atom. The van der Waals surface area contributed by atoms with Gasteiger partial charge in [0.2, 0.25) is 0 Å². The third-order valence-corrected chi connectivity index (χ3v) is 5.77. The summed E-state index contributed by atoms with van der Waals surface area (Å²) in [5, 5.41) is 2.68. The Morgan fingerprint density at radius 2 is 1.60 bits per heavy atom. The number of ether oxygens (including phenoxy) is 2. The third kappa shape index (κ3) is 7.09. The molecule has 0 radical (unpaired) electrons. The number of hydrogen-bond acceptors (Lipinski definition) is 5. The summed E-state index contributed by atoms with van der Waals surface area (Å²) in [7, 11) is 0. The summed E-state index contributed by atoms with van der Waals surface area (Å²) in [5.74, 6) is -0.337. The molecule has 1 saturated heterocycles. The van der Waals surface area contributed by atoms with E-state index in [1.807, 2.05) is 6.92 Å². The first-order chi connectivity index (χ1) is 16.9. The maximum Gasteiger partial charge on any atom is 0.335 e. The SMILES string of the molecule is CCCCCCCCOc1ccc(/C=C2/C(=O)NC(=O)N(c3ccc(Cl)cc3)C2=O)cc1OCC. The van der Waals surface area contributed by atoms with E-state index in [1.54, 1.807) is 30.3 Å². The standard InChI is InChI=1S/C27H31ClN2O5/c1-3-5-6-7-8-9-16-35-23-15-10-19(18-24(23)34-4-2)17-22-25(31)29-27(33)30(26(22)32)21-13-11-20(28)12-14-21/h10-15,17-18H,3-9,16H2,1-2H3,(H,29,31,33)/b22-17-. The van der Waals surface area contributed by atoms with Crippen LogP contribution < -0.4 is 19.7 Å². The van der Waals surface area contributed by atoms with Crippen molar-refractivity contribution >= 4 is 41.2 Å². The Balaban J connectivity index is 1.75. The number of carbonyl (C=O) groups excluding carboxylic acids is 3. The van der Waals surface area contributed by atoms with Crippen LogP contribution in [0.5, 0.6) is 11.5 Å². The van der Waals surface area contributed by atoms with E-state index in [2.05, 4.69) is 12.2 Å². The number of amides is 4. The van der Waals surface area contributed by atoms with Gasteiger partial charge < -0.3 is 9.47 Å². The summed E-state index contributed by atoms with van der Waals surface area (Å²) in [4.78, 5) is 38.8. The molecule has 0 atom stereocenters. The van der Waals surface area contributed by atoms with Crippen molar-refractivity contribution < 1.29 is 23.9 Å². The van der Waals surface area contributed by atoms with E-state index < -0.39 is 17.8 Å². The summed E-state index contributed by atoms with van der Waals surface area (Å²) in [5.41, 5.74) is 0.718. The molecular weight excluding hydrogens is 468 g/mol. The molecule has 0 bridgehead atoms. The van der Waals surface area contributed by atoms with E-state index in [4.69, 9.17) is 21.1 Å². The van der Waals surface area contributed by atoms with Gasteiger partial charge in [0, 0.05) is 5.02 Å². The van der Waals surface area contributed by atoms with Gasteiger partial charge in [-0.2, -0.15) is 0 Å². The van der Waals surface area contributed by atoms with Crippen LogP contribution >= 0.6 is 11.6 Å². The average molecular weight is 499 g/mol. The molecule has 0 aliphatic carbocycles. The molecule has 1 fully saturated rings. The molecular formula is C27H31ClN2O5. The van der Waals surface area contributed by atoms with Crippen molar-refractivity contribution in [3.8, 4) is 11.5 Å². The number of urea groups is 1. The molecule has 186 valence electrons. The predicted molar refractivity (Wildman–Crippen MR) is 137 cm³/mol. The molecule has 0 aromatic heterocycles. The van der Waals surface area contributed by atoms with Crippen LogP contribution in [0.15, 0.2) is 48.0 Å². The fourth-order valence-corrected chi connectivity index (χ4v) is 3.84. The molecule has 2 aromatic rings. The smallest absolute Gasteiger partial charge is 0.335 e. The van der Waals surface area contributed by atoms with Gasteiger partial charge in [-0.25, -0.2) is 9.69 Å². The summed E-state index contributed by atoms with van der Waals surface area (Å²) < 4.78 is 11.7. The first-order valence-corrected chi connectivity index (χ1v) is 12.4. The van der Waals surface area contributed by atoms with Crippen LogP contribution in [0.25, 0.3) is 6.08 Å². The second-order valence-corrected chi connectivity index (χ2v) is 8.63. The van der Waals surface area contributed by atoms with Crippen LogP contribution in [0.4, 0.5) is 10.5 Å². The maximum atomic E-state index is 13.1. The average Bonchev–Trinajstić information content (AvgIpc) is 2.83. The van der Waals surface area contributed by atoms with Crippen LogP contribution in [0, 0.1) is 0 Å². The minimum Gasteiger partial charge on any atom is -0.490 e. The molecule has 4 amide bonds. The van der Waals surface area contributed by atoms with E-state index in [-0.39, 0.29) is 5.57 Å². The zero-order valence-corrected chi connectivity index (χ0v) is 20.9. The van der Waals surface area contributed by atoms with E-state index in [1.165, 1.54) is 43.9 Å². The number of rotatable bonds is 12. The summed E-state index contributed by atoms with van der Waals surface area (Å²) in [6.45, 7) is 5.09. The maximum absolute atomic E-state index is 13.1. The minimum atomic E-state index is -0.812. The lowest BCUT2D eigenvalue weighted by Crippen LogP contribution is -2.54. The highest BCUT2D eigenvalue weighted by Gasteiger charge is 2.36. The van der Waals surface area contributed by atoms with Crippen molar-refractivity contribution in [2.75, 3.05) is 18.1 Å². The summed E-state index contributed by atoms with van der Waals surface area (Å²) in [6.07, 6.45) is 8.45. The quantitative estimate of drug-likeness (QED) is 0.216. The van der Waals surface area contributed by atoms with Gasteiger partial charge in [-0.15, -0.1) is 0 Å². The van der Waals surface area contributed by atoms with Crippen molar-refractivity contribution in [3.05, 3.63) is 58.6 Å². The van der Waals surface area contributed by atoms with Crippen LogP contribution in [-0.2, 0) is 9.59 Å². The molecule has 0 unspecified atom stereocenters. The molecule has 7 nitrogen and oxygen atoms in total. The lowest BCUT2D eigenvalue weighted by Gasteiger charge is -2.26. The normalized spacial score (nSPS) is 14.9. The van der Waals surface area contributed by atoms with Crippen molar-refractivity contribution in [2.24, 2.45) is 0 Å². The van der Waals surface area contributed by atoms with Gasteiger partial charge in [0.1, 0.15) is 5.57 Å². The largest absolute Gasteiger partial charge is 0.490 e. The minimum absolute atomic E-state index is 0.164. The number of carbonyl (C=O) groups is 3. The monoisotopic (exact) mass is 498 g/mol. The van der Waals surface area contributed by atoms with Crippen LogP contribution in [0.1, 0.15) is 57.9 Å². The third-order valence-electron chi connectivity index (χ3n) is 5.52. The van der Waals surface area contributed by atoms with Gasteiger partial charge in [-0.3, -0.25) is 14.9 Å². The van der Waals surface area contributed by atoms with Crippen molar-refractivity contribution in [1.29, 1.82) is 0 Å². The fraction of sp³-hybridized carbons (Fsp3) is 0.370. The number of imide groups is 2. The Hall–Kier alpha value is -3.32. The first-order valence-electron chi connectivity index (χ1n) is 12.0. The number of nitrogens with one attached hydrogen (secondary N) is 1. The van der Waals surface area contributed by atoms with Gasteiger partial charge in [-0.1, -0.05) is 56.7 Å². The molecule has 1 N–H and O–H groups in total. The lowest BCUT2D eigenvalue weighted by atomic mass is 10.1. The molecule has 1 heterocycles. The van der Waals surface area contributed by atoms with E-state index >= 15 is 0 Å². The number of unbranched alkanes of at least 4 members (excludes halogenated alkanes) is 5. The van der Waals surface area contributed by atoms with Crippen molar-refractivity contribution in [2.45, 2.75) is 52.4 Å². The predicted octanol–water partition coefficient (Wildman–Crippen LogP) is 6.14. The number of nitrogens with zero attached hydrogens (tertiary/aromatic N) is 1. The Bertz CT molecular complexity index is 1080. The molecule has 1 aliphatic heterocycles. The molecule has 3 rings (SSSR count). The number of barbiturate groups is 1. The molecule has 2 aromatic carbocycles. The van der Waals surface area contributed by atoms with E-state index in [0.29, 0.717) is 41.0 Å². The number of benzene rings is 2. The number of anilines is 1. The van der Waals surface area contributed by atoms with Gasteiger partial charge in [0.05, 0.1) is 18.9 Å². The molecule has 1 aliphatic rings. The highest BCUT2D eigenvalue weighted by atomic mass is 35.5. The zero-order chi connectivity index (χ0) is 25.2.